The van der Waals surface area contributed by atoms with Crippen LogP contribution in [0, 0.1) is 0 Å². The van der Waals surface area contributed by atoms with Crippen molar-refractivity contribution in [1.29, 1.82) is 0 Å². The van der Waals surface area contributed by atoms with E-state index in [9.17, 15) is 33.9 Å². The van der Waals surface area contributed by atoms with Gasteiger partial charge in [-0.1, -0.05) is 18.2 Å². The van der Waals surface area contributed by atoms with Crippen LogP contribution < -0.4 is 33.2 Å². The number of hydrogen-bond acceptors (Lipinski definition) is 8. The van der Waals surface area contributed by atoms with Gasteiger partial charge in [0, 0.05) is 48.3 Å². The van der Waals surface area contributed by atoms with Crippen molar-refractivity contribution in [2.75, 3.05) is 0 Å². The van der Waals surface area contributed by atoms with Gasteiger partial charge in [-0.3, -0.25) is 24.0 Å². The molecule has 16 nitrogen and oxygen atoms in total. The number of carboxylic acids is 1. The number of rotatable bonds is 17. The average molecular weight is 598 g/mol. The molecule has 0 aliphatic carbocycles. The van der Waals surface area contributed by atoms with Gasteiger partial charge in [0.25, 0.3) is 0 Å². The summed E-state index contributed by atoms with van der Waals surface area (Å²) in [6.07, 6.45) is 3.40. The van der Waals surface area contributed by atoms with Gasteiger partial charge in [-0.25, -0.2) is 9.78 Å². The zero-order chi connectivity index (χ0) is 31.5. The van der Waals surface area contributed by atoms with Gasteiger partial charge < -0.3 is 48.2 Å². The van der Waals surface area contributed by atoms with E-state index in [1.807, 2.05) is 24.3 Å². The summed E-state index contributed by atoms with van der Waals surface area (Å²) in [5.41, 5.74) is 18.7. The highest BCUT2D eigenvalue weighted by molar-refractivity contribution is 5.95. The number of carbonyl (C=O) groups is 6. The Hall–Kier alpha value is -5.25. The van der Waals surface area contributed by atoms with Crippen molar-refractivity contribution < 1.29 is 33.9 Å². The number of aromatic amines is 2. The van der Waals surface area contributed by atoms with Crippen LogP contribution >= 0.6 is 0 Å². The van der Waals surface area contributed by atoms with E-state index < -0.39 is 59.7 Å². The molecule has 0 radical (unpaired) electrons. The number of amides is 5. The molecule has 0 saturated carbocycles. The van der Waals surface area contributed by atoms with E-state index in [0.717, 1.165) is 16.5 Å². The lowest BCUT2D eigenvalue weighted by molar-refractivity contribution is -0.142. The van der Waals surface area contributed by atoms with Crippen LogP contribution in [0.1, 0.15) is 36.9 Å². The fourth-order valence-corrected chi connectivity index (χ4v) is 4.38. The Morgan fingerprint density at radius 2 is 1.40 bits per heavy atom. The van der Waals surface area contributed by atoms with Crippen LogP contribution in [-0.4, -0.2) is 79.7 Å². The molecule has 0 aliphatic rings. The third-order valence-corrected chi connectivity index (χ3v) is 6.67. The molecule has 3 rings (SSSR count). The molecular weight excluding hydrogens is 562 g/mol. The number of benzene rings is 1. The molecule has 2 heterocycles. The minimum absolute atomic E-state index is 0.135. The SMILES string of the molecule is NC(=O)CCC(NC(=O)C(N)Cc1c[nH]c2ccccc12)C(=O)NC(CCC(N)=O)C(=O)NC(Cc1cnc[nH]1)C(=O)O. The number of carbonyl (C=O) groups excluding carboxylic acids is 5. The number of H-pyrrole nitrogens is 2. The van der Waals surface area contributed by atoms with E-state index in [2.05, 4.69) is 30.9 Å². The van der Waals surface area contributed by atoms with E-state index in [1.165, 1.54) is 12.5 Å². The number of aromatic nitrogens is 3. The minimum Gasteiger partial charge on any atom is -0.480 e. The van der Waals surface area contributed by atoms with E-state index in [4.69, 9.17) is 17.2 Å². The molecule has 0 fully saturated rings. The van der Waals surface area contributed by atoms with Crippen molar-refractivity contribution >= 4 is 46.4 Å². The highest BCUT2D eigenvalue weighted by Gasteiger charge is 2.31. The van der Waals surface area contributed by atoms with Gasteiger partial charge >= 0.3 is 5.97 Å². The summed E-state index contributed by atoms with van der Waals surface area (Å²) in [6.45, 7) is 0. The number of fused-ring (bicyclic) bond motifs is 1. The lowest BCUT2D eigenvalue weighted by Gasteiger charge is -2.25. The Morgan fingerprint density at radius 3 is 1.95 bits per heavy atom. The molecule has 1 aromatic carbocycles. The molecule has 16 heteroatoms. The van der Waals surface area contributed by atoms with Crippen molar-refractivity contribution in [3.8, 4) is 0 Å². The first kappa shape index (κ1) is 32.3. The number of para-hydroxylation sites is 1. The first-order valence-corrected chi connectivity index (χ1v) is 13.4. The van der Waals surface area contributed by atoms with Crippen molar-refractivity contribution in [3.05, 3.63) is 54.2 Å². The maximum Gasteiger partial charge on any atom is 0.326 e. The van der Waals surface area contributed by atoms with Crippen LogP contribution in [0.25, 0.3) is 10.9 Å². The summed E-state index contributed by atoms with van der Waals surface area (Å²) in [4.78, 5) is 83.7. The Balaban J connectivity index is 1.72. The Kier molecular flexibility index (Phi) is 11.3. The Labute approximate surface area is 245 Å². The molecule has 43 heavy (non-hydrogen) atoms. The zero-order valence-corrected chi connectivity index (χ0v) is 23.2. The third-order valence-electron chi connectivity index (χ3n) is 6.67. The van der Waals surface area contributed by atoms with Gasteiger partial charge in [-0.15, -0.1) is 0 Å². The van der Waals surface area contributed by atoms with Crippen LogP contribution in [0.15, 0.2) is 43.0 Å². The summed E-state index contributed by atoms with van der Waals surface area (Å²) in [7, 11) is 0. The standard InChI is InChI=1S/C27H35N9O7/c28-17(9-14-11-32-18-4-2-1-3-16(14)18)24(39)34-19(5-7-22(29)37)25(40)35-20(6-8-23(30)38)26(41)36-21(27(42)43)10-15-12-31-13-33-15/h1-4,11-13,17,19-21,32H,5-10,28H2,(H2,29,37)(H2,30,38)(H,31,33)(H,34,39)(H,35,40)(H,36,41)(H,42,43). The number of nitrogens with two attached hydrogens (primary N) is 3. The lowest BCUT2D eigenvalue weighted by Crippen LogP contribution is -2.57. The molecule has 0 saturated heterocycles. The van der Waals surface area contributed by atoms with Crippen LogP contribution in [0.3, 0.4) is 0 Å². The second kappa shape index (κ2) is 15.1. The lowest BCUT2D eigenvalue weighted by atomic mass is 10.0. The summed E-state index contributed by atoms with van der Waals surface area (Å²) < 4.78 is 0. The number of carboxylic acid groups (broad SMARTS) is 1. The van der Waals surface area contributed by atoms with Crippen LogP contribution in [-0.2, 0) is 41.6 Å². The highest BCUT2D eigenvalue weighted by atomic mass is 16.4. The molecule has 4 unspecified atom stereocenters. The van der Waals surface area contributed by atoms with Gasteiger partial charge in [-0.2, -0.15) is 0 Å². The number of primary amides is 2. The highest BCUT2D eigenvalue weighted by Crippen LogP contribution is 2.19. The van der Waals surface area contributed by atoms with Gasteiger partial charge in [0.05, 0.1) is 12.4 Å². The molecule has 230 valence electrons. The van der Waals surface area contributed by atoms with E-state index in [0.29, 0.717) is 5.69 Å². The van der Waals surface area contributed by atoms with Crippen molar-refractivity contribution in [2.45, 2.75) is 62.7 Å². The number of aliphatic carboxylic acids is 1. The molecule has 0 aliphatic heterocycles. The number of imidazole rings is 1. The van der Waals surface area contributed by atoms with Crippen molar-refractivity contribution in [2.24, 2.45) is 17.2 Å². The van der Waals surface area contributed by atoms with Gasteiger partial charge in [0.2, 0.25) is 29.5 Å². The fraction of sp³-hybridized carbons (Fsp3) is 0.370. The van der Waals surface area contributed by atoms with Crippen molar-refractivity contribution in [3.63, 3.8) is 0 Å². The summed E-state index contributed by atoms with van der Waals surface area (Å²) >= 11 is 0. The smallest absolute Gasteiger partial charge is 0.326 e. The predicted molar refractivity (Wildman–Crippen MR) is 153 cm³/mol. The summed E-state index contributed by atoms with van der Waals surface area (Å²) in [5, 5.41) is 17.7. The van der Waals surface area contributed by atoms with Crippen LogP contribution in [0.5, 0.6) is 0 Å². The molecule has 12 N–H and O–H groups in total. The summed E-state index contributed by atoms with van der Waals surface area (Å²) in [5.74, 6) is -5.32. The maximum absolute atomic E-state index is 13.3. The van der Waals surface area contributed by atoms with E-state index in [1.54, 1.807) is 6.20 Å². The monoisotopic (exact) mass is 597 g/mol. The topological polar surface area (TPSA) is 281 Å². The molecular formula is C27H35N9O7. The number of nitrogens with zero attached hydrogens (tertiary/aromatic N) is 1. The van der Waals surface area contributed by atoms with E-state index in [-0.39, 0.29) is 38.5 Å². The van der Waals surface area contributed by atoms with Gasteiger partial charge in [0.15, 0.2) is 0 Å². The van der Waals surface area contributed by atoms with Crippen LogP contribution in [0.4, 0.5) is 0 Å². The molecule has 2 aromatic heterocycles. The first-order valence-electron chi connectivity index (χ1n) is 13.4. The fourth-order valence-electron chi connectivity index (χ4n) is 4.38. The maximum atomic E-state index is 13.3. The second-order valence-corrected chi connectivity index (χ2v) is 9.98. The van der Waals surface area contributed by atoms with Gasteiger partial charge in [0.1, 0.15) is 18.1 Å². The molecule has 3 aromatic rings. The molecule has 0 spiro atoms. The first-order chi connectivity index (χ1) is 20.4. The summed E-state index contributed by atoms with van der Waals surface area (Å²) in [6, 6.07) is 2.23. The van der Waals surface area contributed by atoms with Crippen LogP contribution in [0.2, 0.25) is 0 Å². The zero-order valence-electron chi connectivity index (χ0n) is 23.2. The van der Waals surface area contributed by atoms with E-state index >= 15 is 0 Å². The second-order valence-electron chi connectivity index (χ2n) is 9.98. The Bertz CT molecular complexity index is 1450. The molecule has 4 atom stereocenters. The average Bonchev–Trinajstić information content (AvgIpc) is 3.62. The normalized spacial score (nSPS) is 13.8. The quantitative estimate of drug-likeness (QED) is 0.0836. The Morgan fingerprint density at radius 1 is 0.814 bits per heavy atom. The predicted octanol–water partition coefficient (Wildman–Crippen LogP) is -1.93. The van der Waals surface area contributed by atoms with Gasteiger partial charge in [-0.05, 0) is 30.9 Å². The van der Waals surface area contributed by atoms with Crippen molar-refractivity contribution in [1.82, 2.24) is 30.9 Å². The number of hydrogen-bond donors (Lipinski definition) is 9. The number of nitrogens with one attached hydrogen (secondary N) is 5. The minimum atomic E-state index is -1.41. The molecule has 0 bridgehead atoms. The largest absolute Gasteiger partial charge is 0.480 e. The molecule has 5 amide bonds. The third kappa shape index (κ3) is 9.67.